The van der Waals surface area contributed by atoms with Crippen LogP contribution in [0.25, 0.3) is 33.3 Å². The van der Waals surface area contributed by atoms with Gasteiger partial charge in [-0.25, -0.2) is 4.98 Å². The Morgan fingerprint density at radius 2 is 1.86 bits per heavy atom. The molecule has 6 heteroatoms. The number of aromatic nitrogens is 1. The van der Waals surface area contributed by atoms with Crippen molar-refractivity contribution in [2.45, 2.75) is 0 Å². The van der Waals surface area contributed by atoms with Crippen molar-refractivity contribution in [2.75, 3.05) is 5.32 Å². The molecule has 0 aliphatic carbocycles. The molecule has 1 N–H and O–H groups in total. The lowest BCUT2D eigenvalue weighted by Crippen LogP contribution is -2.09. The Kier molecular flexibility index (Phi) is 4.22. The molecule has 0 spiro atoms. The van der Waals surface area contributed by atoms with Crippen molar-refractivity contribution in [1.82, 2.24) is 4.98 Å². The summed E-state index contributed by atoms with van der Waals surface area (Å²) in [5.41, 5.74) is 2.99. The molecule has 2 aromatic heterocycles. The van der Waals surface area contributed by atoms with Crippen LogP contribution in [0.1, 0.15) is 9.67 Å². The van der Waals surface area contributed by atoms with Gasteiger partial charge in [-0.05, 0) is 52.6 Å². The van der Waals surface area contributed by atoms with E-state index in [0.717, 1.165) is 20.8 Å². The van der Waals surface area contributed by atoms with E-state index in [-0.39, 0.29) is 5.91 Å². The van der Waals surface area contributed by atoms with Crippen LogP contribution in [0.3, 0.4) is 0 Å². The van der Waals surface area contributed by atoms with E-state index < -0.39 is 0 Å². The van der Waals surface area contributed by atoms with Crippen LogP contribution >= 0.6 is 27.3 Å². The number of hydrogen-bond acceptors (Lipinski definition) is 4. The van der Waals surface area contributed by atoms with Gasteiger partial charge in [-0.3, -0.25) is 4.79 Å². The molecular weight excluding hydrogens is 436 g/mol. The fraction of sp³-hybridized carbons (Fsp3) is 0. The van der Waals surface area contributed by atoms with Gasteiger partial charge in [0.2, 0.25) is 5.89 Å². The topological polar surface area (TPSA) is 55.1 Å². The predicted molar refractivity (Wildman–Crippen MR) is 117 cm³/mol. The number of nitrogens with one attached hydrogen (secondary N) is 1. The highest BCUT2D eigenvalue weighted by atomic mass is 79.9. The summed E-state index contributed by atoms with van der Waals surface area (Å²) in [5.74, 6) is 0.428. The zero-order chi connectivity index (χ0) is 19.1. The van der Waals surface area contributed by atoms with Gasteiger partial charge < -0.3 is 9.73 Å². The van der Waals surface area contributed by atoms with Crippen molar-refractivity contribution in [3.8, 4) is 11.5 Å². The maximum Gasteiger partial charge on any atom is 0.265 e. The van der Waals surface area contributed by atoms with Gasteiger partial charge in [-0.2, -0.15) is 0 Å². The molecule has 0 radical (unpaired) electrons. The highest BCUT2D eigenvalue weighted by Gasteiger charge is 2.14. The van der Waals surface area contributed by atoms with Gasteiger partial charge in [0.05, 0.1) is 4.88 Å². The van der Waals surface area contributed by atoms with Gasteiger partial charge in [0.25, 0.3) is 5.91 Å². The third kappa shape index (κ3) is 3.00. The van der Waals surface area contributed by atoms with Crippen LogP contribution in [0.4, 0.5) is 5.69 Å². The van der Waals surface area contributed by atoms with Crippen molar-refractivity contribution in [3.63, 3.8) is 0 Å². The molecule has 0 aliphatic rings. The normalized spacial score (nSPS) is 11.2. The fourth-order valence-electron chi connectivity index (χ4n) is 3.18. The number of hydrogen-bond donors (Lipinski definition) is 1. The van der Waals surface area contributed by atoms with Crippen LogP contribution in [0, 0.1) is 0 Å². The maximum absolute atomic E-state index is 12.3. The molecule has 0 aliphatic heterocycles. The number of fused-ring (bicyclic) bond motifs is 2. The Morgan fingerprint density at radius 1 is 1.00 bits per heavy atom. The van der Waals surface area contributed by atoms with Gasteiger partial charge in [-0.15, -0.1) is 11.3 Å². The lowest BCUT2D eigenvalue weighted by molar-refractivity contribution is 0.103. The van der Waals surface area contributed by atoms with Crippen LogP contribution in [0.2, 0.25) is 0 Å². The first-order chi connectivity index (χ1) is 13.7. The molecule has 1 amide bonds. The van der Waals surface area contributed by atoms with Crippen molar-refractivity contribution < 1.29 is 9.21 Å². The number of nitrogens with zero attached hydrogens (tertiary/aromatic N) is 1. The zero-order valence-electron chi connectivity index (χ0n) is 14.5. The molecule has 5 rings (SSSR count). The first-order valence-corrected chi connectivity index (χ1v) is 10.3. The molecule has 2 heterocycles. The molecular formula is C22H13BrN2O2S. The average molecular weight is 449 g/mol. The third-order valence-electron chi connectivity index (χ3n) is 4.49. The fourth-order valence-corrected chi connectivity index (χ4v) is 4.30. The quantitative estimate of drug-likeness (QED) is 0.333. The second-order valence-electron chi connectivity index (χ2n) is 6.27. The molecule has 5 aromatic rings. The van der Waals surface area contributed by atoms with Crippen molar-refractivity contribution in [3.05, 3.63) is 81.5 Å². The summed E-state index contributed by atoms with van der Waals surface area (Å²) >= 11 is 5.00. The Morgan fingerprint density at radius 3 is 2.71 bits per heavy atom. The van der Waals surface area contributed by atoms with Gasteiger partial charge in [-0.1, -0.05) is 46.3 Å². The number of rotatable bonds is 3. The molecule has 0 saturated carbocycles. The highest BCUT2D eigenvalue weighted by molar-refractivity contribution is 9.10. The lowest BCUT2D eigenvalue weighted by atomic mass is 10.0. The van der Waals surface area contributed by atoms with E-state index in [0.29, 0.717) is 27.6 Å². The SMILES string of the molecule is O=C(Nc1ccc2oc(-c3cccc4c(Br)cccc34)nc2c1)c1cccs1. The standard InChI is InChI=1S/C22H13BrN2O2S/c23-17-7-2-4-14-15(17)5-1-6-16(14)22-25-18-12-13(9-10-19(18)27-22)24-21(26)20-8-3-11-28-20/h1-12H,(H,24,26). The Bertz CT molecular complexity index is 1330. The van der Waals surface area contributed by atoms with E-state index >= 15 is 0 Å². The molecule has 28 heavy (non-hydrogen) atoms. The monoisotopic (exact) mass is 448 g/mol. The van der Waals surface area contributed by atoms with Gasteiger partial charge in [0, 0.05) is 15.7 Å². The van der Waals surface area contributed by atoms with Crippen molar-refractivity contribution in [1.29, 1.82) is 0 Å². The summed E-state index contributed by atoms with van der Waals surface area (Å²) in [7, 11) is 0. The van der Waals surface area contributed by atoms with Crippen LogP contribution in [-0.2, 0) is 0 Å². The Balaban J connectivity index is 1.54. The van der Waals surface area contributed by atoms with Gasteiger partial charge in [0.1, 0.15) is 5.52 Å². The van der Waals surface area contributed by atoms with Crippen molar-refractivity contribution in [2.24, 2.45) is 0 Å². The first-order valence-electron chi connectivity index (χ1n) is 8.62. The van der Waals surface area contributed by atoms with Gasteiger partial charge in [0.15, 0.2) is 5.58 Å². The second-order valence-corrected chi connectivity index (χ2v) is 8.08. The minimum atomic E-state index is -0.128. The Hall–Kier alpha value is -2.96. The van der Waals surface area contributed by atoms with E-state index in [2.05, 4.69) is 38.4 Å². The number of halogens is 1. The van der Waals surface area contributed by atoms with E-state index in [9.17, 15) is 4.79 Å². The molecule has 0 atom stereocenters. The van der Waals surface area contributed by atoms with Crippen molar-refractivity contribution >= 4 is 60.7 Å². The van der Waals surface area contributed by atoms with Crippen LogP contribution in [-0.4, -0.2) is 10.9 Å². The second kappa shape index (κ2) is 6.89. The number of oxazole rings is 1. The summed E-state index contributed by atoms with van der Waals surface area (Å²) in [6.45, 7) is 0. The zero-order valence-corrected chi connectivity index (χ0v) is 16.9. The van der Waals surface area contributed by atoms with Crippen LogP contribution in [0.15, 0.2) is 81.0 Å². The number of thiophene rings is 1. The largest absolute Gasteiger partial charge is 0.436 e. The van der Waals surface area contributed by atoms with E-state index in [4.69, 9.17) is 4.42 Å². The number of benzene rings is 3. The van der Waals surface area contributed by atoms with E-state index in [1.54, 1.807) is 6.07 Å². The number of carbonyl (C=O) groups is 1. The van der Waals surface area contributed by atoms with Gasteiger partial charge >= 0.3 is 0 Å². The summed E-state index contributed by atoms with van der Waals surface area (Å²) in [5, 5.41) is 6.95. The lowest BCUT2D eigenvalue weighted by Gasteiger charge is -2.04. The molecule has 0 fully saturated rings. The minimum absolute atomic E-state index is 0.128. The molecule has 4 nitrogen and oxygen atoms in total. The number of anilines is 1. The Labute approximate surface area is 173 Å². The van der Waals surface area contributed by atoms with Crippen LogP contribution in [0.5, 0.6) is 0 Å². The van der Waals surface area contributed by atoms with E-state index in [1.807, 2.05) is 53.9 Å². The summed E-state index contributed by atoms with van der Waals surface area (Å²) in [6.07, 6.45) is 0. The molecule has 0 bridgehead atoms. The summed E-state index contributed by atoms with van der Waals surface area (Å²) < 4.78 is 7.03. The molecule has 3 aromatic carbocycles. The summed E-state index contributed by atoms with van der Waals surface area (Å²) in [4.78, 5) is 17.6. The molecule has 0 unspecified atom stereocenters. The average Bonchev–Trinajstić information content (AvgIpc) is 3.37. The number of amides is 1. The smallest absolute Gasteiger partial charge is 0.265 e. The minimum Gasteiger partial charge on any atom is -0.436 e. The van der Waals surface area contributed by atoms with E-state index in [1.165, 1.54) is 11.3 Å². The maximum atomic E-state index is 12.3. The third-order valence-corrected chi connectivity index (χ3v) is 6.05. The first kappa shape index (κ1) is 17.2. The molecule has 0 saturated heterocycles. The number of carbonyl (C=O) groups excluding carboxylic acids is 1. The van der Waals surface area contributed by atoms with Crippen LogP contribution < -0.4 is 5.32 Å². The molecule has 136 valence electrons. The highest BCUT2D eigenvalue weighted by Crippen LogP contribution is 2.34. The predicted octanol–water partition coefficient (Wildman–Crippen LogP) is 6.72. The summed E-state index contributed by atoms with van der Waals surface area (Å²) in [6, 6.07) is 21.2.